The summed E-state index contributed by atoms with van der Waals surface area (Å²) in [4.78, 5) is 8.72. The summed E-state index contributed by atoms with van der Waals surface area (Å²) in [5.74, 6) is 0. The van der Waals surface area contributed by atoms with Crippen molar-refractivity contribution in [3.05, 3.63) is 54.2 Å². The van der Waals surface area contributed by atoms with E-state index in [2.05, 4.69) is 22.1 Å². The van der Waals surface area contributed by atoms with E-state index in [0.29, 0.717) is 0 Å². The molecular weight excluding hydrogens is 234 g/mol. The largest absolute Gasteiger partial charge is 0.399 e. The number of nitrogens with zero attached hydrogens (tertiary/aromatic N) is 2. The lowest BCUT2D eigenvalue weighted by atomic mass is 10.0. The van der Waals surface area contributed by atoms with Crippen LogP contribution in [0.1, 0.15) is 12.0 Å². The van der Waals surface area contributed by atoms with Gasteiger partial charge >= 0.3 is 0 Å². The number of allylic oxidation sites excluding steroid dienone is 1. The van der Waals surface area contributed by atoms with Crippen molar-refractivity contribution in [2.45, 2.75) is 6.42 Å². The monoisotopic (exact) mass is 249 g/mol. The summed E-state index contributed by atoms with van der Waals surface area (Å²) in [5, 5.41) is 0. The smallest absolute Gasteiger partial charge is 0.0702 e. The third-order valence-corrected chi connectivity index (χ3v) is 3.23. The molecule has 0 spiro atoms. The first-order valence-electron chi connectivity index (χ1n) is 6.34. The molecule has 2 heterocycles. The minimum Gasteiger partial charge on any atom is -0.399 e. The summed E-state index contributed by atoms with van der Waals surface area (Å²) < 4.78 is 0. The Labute approximate surface area is 112 Å². The van der Waals surface area contributed by atoms with Crippen LogP contribution in [0.2, 0.25) is 0 Å². The SMILES string of the molecule is Nc1ccc(-c2ccc(C3=CC=NCC3)cn2)cc1. The molecule has 0 unspecified atom stereocenters. The zero-order chi connectivity index (χ0) is 13.1. The fourth-order valence-corrected chi connectivity index (χ4v) is 2.13. The van der Waals surface area contributed by atoms with Crippen LogP contribution < -0.4 is 5.73 Å². The Kier molecular flexibility index (Phi) is 3.11. The summed E-state index contributed by atoms with van der Waals surface area (Å²) >= 11 is 0. The lowest BCUT2D eigenvalue weighted by molar-refractivity contribution is 1.01. The molecule has 0 atom stereocenters. The molecule has 94 valence electrons. The lowest BCUT2D eigenvalue weighted by Crippen LogP contribution is -1.95. The number of hydrogen-bond acceptors (Lipinski definition) is 3. The molecule has 0 saturated carbocycles. The maximum absolute atomic E-state index is 5.69. The summed E-state index contributed by atoms with van der Waals surface area (Å²) in [6.07, 6.45) is 6.84. The number of hydrogen-bond donors (Lipinski definition) is 1. The van der Waals surface area contributed by atoms with Gasteiger partial charge in [-0.15, -0.1) is 0 Å². The van der Waals surface area contributed by atoms with Crippen molar-refractivity contribution in [2.75, 3.05) is 12.3 Å². The molecule has 19 heavy (non-hydrogen) atoms. The number of dihydropyridines is 1. The van der Waals surface area contributed by atoms with Crippen LogP contribution >= 0.6 is 0 Å². The highest BCUT2D eigenvalue weighted by Gasteiger charge is 2.05. The van der Waals surface area contributed by atoms with Crippen molar-refractivity contribution in [1.29, 1.82) is 0 Å². The van der Waals surface area contributed by atoms with Crippen LogP contribution in [-0.2, 0) is 0 Å². The van der Waals surface area contributed by atoms with Crippen molar-refractivity contribution in [3.8, 4) is 11.3 Å². The Morgan fingerprint density at radius 2 is 1.74 bits per heavy atom. The second kappa shape index (κ2) is 5.06. The summed E-state index contributed by atoms with van der Waals surface area (Å²) in [6.45, 7) is 0.867. The number of benzene rings is 1. The van der Waals surface area contributed by atoms with E-state index in [1.54, 1.807) is 0 Å². The molecule has 2 aromatic rings. The predicted molar refractivity (Wildman–Crippen MR) is 80.0 cm³/mol. The van der Waals surface area contributed by atoms with Gasteiger partial charge in [-0.25, -0.2) is 0 Å². The number of pyridine rings is 1. The highest BCUT2D eigenvalue weighted by molar-refractivity contribution is 5.86. The summed E-state index contributed by atoms with van der Waals surface area (Å²) in [6, 6.07) is 11.9. The topological polar surface area (TPSA) is 51.3 Å². The number of aliphatic imine (C=N–C) groups is 1. The standard InChI is InChI=1S/C16H15N3/c17-15-4-1-13(2-5-15)16-6-3-14(11-19-16)12-7-9-18-10-8-12/h1-7,9,11H,8,10,17H2. The third-order valence-electron chi connectivity index (χ3n) is 3.23. The third kappa shape index (κ3) is 2.55. The highest BCUT2D eigenvalue weighted by atomic mass is 14.7. The zero-order valence-corrected chi connectivity index (χ0v) is 10.6. The van der Waals surface area contributed by atoms with Crippen molar-refractivity contribution in [3.63, 3.8) is 0 Å². The van der Waals surface area contributed by atoms with E-state index in [1.165, 1.54) is 11.1 Å². The molecule has 0 saturated heterocycles. The molecule has 2 N–H and O–H groups in total. The first-order chi connectivity index (χ1) is 9.33. The Morgan fingerprint density at radius 3 is 2.37 bits per heavy atom. The van der Waals surface area contributed by atoms with E-state index in [1.807, 2.05) is 42.7 Å². The number of rotatable bonds is 2. The predicted octanol–water partition coefficient (Wildman–Crippen LogP) is 3.19. The van der Waals surface area contributed by atoms with Gasteiger partial charge in [-0.3, -0.25) is 9.98 Å². The van der Waals surface area contributed by atoms with Crippen molar-refractivity contribution in [2.24, 2.45) is 4.99 Å². The molecule has 1 aromatic carbocycles. The molecule has 0 aliphatic carbocycles. The van der Waals surface area contributed by atoms with E-state index >= 15 is 0 Å². The molecule has 1 aromatic heterocycles. The molecule has 0 fully saturated rings. The minimum atomic E-state index is 0.770. The molecule has 1 aliphatic rings. The quantitative estimate of drug-likeness (QED) is 0.831. The number of aromatic nitrogens is 1. The van der Waals surface area contributed by atoms with E-state index < -0.39 is 0 Å². The van der Waals surface area contributed by atoms with Crippen LogP contribution in [0.5, 0.6) is 0 Å². The summed E-state index contributed by atoms with van der Waals surface area (Å²) in [7, 11) is 0. The van der Waals surface area contributed by atoms with Crippen molar-refractivity contribution in [1.82, 2.24) is 4.98 Å². The van der Waals surface area contributed by atoms with Crippen molar-refractivity contribution < 1.29 is 0 Å². The maximum atomic E-state index is 5.69. The molecule has 3 heteroatoms. The van der Waals surface area contributed by atoms with Gasteiger partial charge in [0.25, 0.3) is 0 Å². The molecular formula is C16H15N3. The second-order valence-electron chi connectivity index (χ2n) is 4.55. The van der Waals surface area contributed by atoms with Crippen LogP contribution in [0.15, 0.2) is 53.7 Å². The van der Waals surface area contributed by atoms with Crippen LogP contribution in [0, 0.1) is 0 Å². The van der Waals surface area contributed by atoms with Gasteiger partial charge in [-0.05, 0) is 41.8 Å². The van der Waals surface area contributed by atoms with Gasteiger partial charge in [-0.2, -0.15) is 0 Å². The first-order valence-corrected chi connectivity index (χ1v) is 6.34. The van der Waals surface area contributed by atoms with Gasteiger partial charge in [-0.1, -0.05) is 18.2 Å². The Balaban J connectivity index is 1.88. The van der Waals surface area contributed by atoms with E-state index in [9.17, 15) is 0 Å². The highest BCUT2D eigenvalue weighted by Crippen LogP contribution is 2.23. The maximum Gasteiger partial charge on any atom is 0.0702 e. The first kappa shape index (κ1) is 11.7. The normalized spacial score (nSPS) is 14.2. The Bertz CT molecular complexity index is 622. The number of anilines is 1. The van der Waals surface area contributed by atoms with E-state index in [0.717, 1.165) is 29.9 Å². The van der Waals surface area contributed by atoms with Gasteiger partial charge in [0.05, 0.1) is 5.69 Å². The van der Waals surface area contributed by atoms with Crippen LogP contribution in [0.3, 0.4) is 0 Å². The Hall–Kier alpha value is -2.42. The van der Waals surface area contributed by atoms with E-state index in [-0.39, 0.29) is 0 Å². The fourth-order valence-electron chi connectivity index (χ4n) is 2.13. The molecule has 1 aliphatic heterocycles. The second-order valence-corrected chi connectivity index (χ2v) is 4.55. The molecule has 3 rings (SSSR count). The van der Waals surface area contributed by atoms with Crippen LogP contribution in [0.4, 0.5) is 5.69 Å². The Morgan fingerprint density at radius 1 is 0.947 bits per heavy atom. The number of nitrogen functional groups attached to an aromatic ring is 1. The average Bonchev–Trinajstić information content (AvgIpc) is 2.49. The molecule has 3 nitrogen and oxygen atoms in total. The lowest BCUT2D eigenvalue weighted by Gasteiger charge is -2.09. The van der Waals surface area contributed by atoms with Crippen LogP contribution in [0.25, 0.3) is 16.8 Å². The molecule has 0 amide bonds. The van der Waals surface area contributed by atoms with E-state index in [4.69, 9.17) is 5.73 Å². The van der Waals surface area contributed by atoms with Gasteiger partial charge in [0, 0.05) is 30.2 Å². The van der Waals surface area contributed by atoms with Gasteiger partial charge in [0.2, 0.25) is 0 Å². The fraction of sp³-hybridized carbons (Fsp3) is 0.125. The van der Waals surface area contributed by atoms with Gasteiger partial charge in [0.15, 0.2) is 0 Å². The molecule has 0 bridgehead atoms. The number of nitrogens with two attached hydrogens (primary N) is 1. The van der Waals surface area contributed by atoms with Crippen molar-refractivity contribution >= 4 is 17.5 Å². The van der Waals surface area contributed by atoms with Gasteiger partial charge in [0.1, 0.15) is 0 Å². The van der Waals surface area contributed by atoms with Crippen LogP contribution in [-0.4, -0.2) is 17.7 Å². The minimum absolute atomic E-state index is 0.770. The molecule has 0 radical (unpaired) electrons. The van der Waals surface area contributed by atoms with Gasteiger partial charge < -0.3 is 5.73 Å². The summed E-state index contributed by atoms with van der Waals surface area (Å²) in [5.41, 5.74) is 11.0. The zero-order valence-electron chi connectivity index (χ0n) is 10.6. The average molecular weight is 249 g/mol.